The molecule has 0 aliphatic rings. The molecule has 0 fully saturated rings. The Labute approximate surface area is 453 Å². The maximum Gasteiger partial charge on any atom is 2.00 e. The largest absolute Gasteiger partial charge is 2.00 e. The van der Waals surface area contributed by atoms with Crippen LogP contribution in [0.15, 0.2) is 58.5 Å². The molecule has 73 heavy (non-hydrogen) atoms. The number of benzene rings is 4. The van der Waals surface area contributed by atoms with E-state index >= 15 is 0 Å². The quantitative estimate of drug-likeness (QED) is 0.0235. The zero-order valence-corrected chi connectivity index (χ0v) is 47.8. The van der Waals surface area contributed by atoms with E-state index in [0.29, 0.717) is 36.8 Å². The van der Waals surface area contributed by atoms with Crippen LogP contribution >= 0.6 is 0 Å². The molecule has 0 spiro atoms. The van der Waals surface area contributed by atoms with Crippen LogP contribution in [0.3, 0.4) is 0 Å². The van der Waals surface area contributed by atoms with Crippen LogP contribution in [0.2, 0.25) is 0 Å². The third kappa shape index (κ3) is 21.8. The van der Waals surface area contributed by atoms with Gasteiger partial charge in [-0.2, -0.15) is 0 Å². The summed E-state index contributed by atoms with van der Waals surface area (Å²) in [7, 11) is 0. The van der Waals surface area contributed by atoms with Gasteiger partial charge in [-0.15, -0.1) is 0 Å². The fourth-order valence-electron chi connectivity index (χ4n) is 9.27. The van der Waals surface area contributed by atoms with E-state index in [9.17, 15) is 40.2 Å². The van der Waals surface area contributed by atoms with Crippen LogP contribution in [0.4, 0.5) is 11.4 Å². The minimum atomic E-state index is -1.25. The number of aromatic hydroxyl groups is 2. The van der Waals surface area contributed by atoms with Gasteiger partial charge in [-0.05, 0) is 165 Å². The van der Waals surface area contributed by atoms with Crippen molar-refractivity contribution in [2.24, 2.45) is 9.98 Å². The number of unbranched alkanes of at least 4 members (excludes halogenated alkanes) is 6. The number of aliphatic imine (C=N–C) groups is 2. The Morgan fingerprint density at radius 3 is 1.14 bits per heavy atom. The zero-order valence-electron chi connectivity index (χ0n) is 46.2. The molecule has 0 saturated carbocycles. The number of phenols is 2. The number of aryl methyl sites for hydroxylation is 6. The maximum absolute atomic E-state index is 11.8. The summed E-state index contributed by atoms with van der Waals surface area (Å²) in [4.78, 5) is 32.8. The van der Waals surface area contributed by atoms with Gasteiger partial charge >= 0.3 is 32.4 Å². The number of carbonyl (C=O) groups is 2. The maximum atomic E-state index is 11.8. The molecule has 11 heteroatoms. The van der Waals surface area contributed by atoms with Crippen molar-refractivity contribution < 1.29 is 60.7 Å². The van der Waals surface area contributed by atoms with Crippen LogP contribution in [0, 0.1) is 0 Å². The topological polar surface area (TPSA) is 186 Å². The van der Waals surface area contributed by atoms with Gasteiger partial charge in [0.25, 0.3) is 0 Å². The Bertz CT molecular complexity index is 2270. The van der Waals surface area contributed by atoms with Gasteiger partial charge in [0.1, 0.15) is 11.5 Å². The summed E-state index contributed by atoms with van der Waals surface area (Å²) < 4.78 is 0. The van der Waals surface area contributed by atoms with Crippen molar-refractivity contribution in [2.45, 2.75) is 223 Å². The van der Waals surface area contributed by atoms with Crippen LogP contribution in [0.25, 0.3) is 0 Å². The Morgan fingerprint density at radius 1 is 0.438 bits per heavy atom. The van der Waals surface area contributed by atoms with Crippen molar-refractivity contribution >= 4 is 34.7 Å². The Balaban J connectivity index is 0.000000584. The number of carboxylic acid groups (broad SMARTS) is 2. The summed E-state index contributed by atoms with van der Waals surface area (Å²) in [6.07, 6.45) is 23.8. The summed E-state index contributed by atoms with van der Waals surface area (Å²) in [5.74, 6) is -4.94. The molecule has 0 aromatic heterocycles. The Hall–Kier alpha value is -4.98. The van der Waals surface area contributed by atoms with Gasteiger partial charge in [0.15, 0.2) is 0 Å². The van der Waals surface area contributed by atoms with E-state index in [4.69, 9.17) is 9.98 Å². The molecule has 0 atom stereocenters. The van der Waals surface area contributed by atoms with E-state index < -0.39 is 34.9 Å². The summed E-state index contributed by atoms with van der Waals surface area (Å²) in [6, 6.07) is 16.5. The molecule has 4 aromatic carbocycles. The molecule has 0 unspecified atom stereocenters. The number of carboxylic acids is 2. The standard InChI is InChI=1S/C32H48N2.2C15H22O4.Pd/c1-7-12-13-18-32(34-31-22-20-27(15-9-3)29(24-31)17-11-5)25(6)33-30-21-19-26(14-8-2)28(23-30)16-10-4;2*1-3-5-6-8-11-10(7-4-2)9-12(16)14(17)13(11)15(18)19;/h19-24H,7-18H2,1-6H3;2*9,16-17H,3-8H2,1-2H3,(H,18,19);/q;;;+2/p-2. The molecule has 4 N–H and O–H groups in total. The SMILES string of the molecule is CCCCCC(=Nc1ccc(CCC)c(CCC)c1)C(C)=Nc1ccc(CCC)c(CCC)c1.CCCCCc1c(CCC)cc(O)c([O-])c1C(=O)O.CCCCCc1c(CCC)cc(O)c([O-])c1C(=O)O.[Pd+2]. The van der Waals surface area contributed by atoms with Gasteiger partial charge in [-0.3, -0.25) is 9.98 Å². The molecule has 0 aliphatic carbocycles. The van der Waals surface area contributed by atoms with Crippen LogP contribution in [-0.4, -0.2) is 43.8 Å². The Kier molecular flexibility index (Phi) is 33.3. The van der Waals surface area contributed by atoms with Crippen LogP contribution in [0.5, 0.6) is 23.0 Å². The third-order valence-corrected chi connectivity index (χ3v) is 12.9. The monoisotopic (exact) mass is 1100 g/mol. The minimum absolute atomic E-state index is 0. The van der Waals surface area contributed by atoms with Crippen molar-refractivity contribution in [3.63, 3.8) is 0 Å². The molecule has 0 radical (unpaired) electrons. The van der Waals surface area contributed by atoms with Gasteiger partial charge < -0.3 is 30.6 Å². The van der Waals surface area contributed by atoms with E-state index in [-0.39, 0.29) is 31.5 Å². The van der Waals surface area contributed by atoms with Crippen molar-refractivity contribution in [1.82, 2.24) is 0 Å². The number of hydrogen-bond donors (Lipinski definition) is 4. The smallest absolute Gasteiger partial charge is 0.869 e. The van der Waals surface area contributed by atoms with Crippen LogP contribution in [-0.2, 0) is 71.8 Å². The summed E-state index contributed by atoms with van der Waals surface area (Å²) in [6.45, 7) is 21.5. The van der Waals surface area contributed by atoms with Gasteiger partial charge in [0.2, 0.25) is 0 Å². The zero-order chi connectivity index (χ0) is 53.6. The van der Waals surface area contributed by atoms with Crippen molar-refractivity contribution in [3.05, 3.63) is 104 Å². The van der Waals surface area contributed by atoms with E-state index in [1.807, 2.05) is 13.8 Å². The second kappa shape index (κ2) is 36.9. The van der Waals surface area contributed by atoms with E-state index in [2.05, 4.69) is 91.8 Å². The summed E-state index contributed by atoms with van der Waals surface area (Å²) >= 11 is 0. The van der Waals surface area contributed by atoms with E-state index in [1.165, 1.54) is 72.9 Å². The van der Waals surface area contributed by atoms with Crippen molar-refractivity contribution in [3.8, 4) is 23.0 Å². The first-order valence-electron chi connectivity index (χ1n) is 27.5. The van der Waals surface area contributed by atoms with E-state index in [1.54, 1.807) is 0 Å². The molecule has 10 nitrogen and oxygen atoms in total. The molecule has 0 heterocycles. The number of aromatic carboxylic acids is 2. The second-order valence-electron chi connectivity index (χ2n) is 19.1. The van der Waals surface area contributed by atoms with Gasteiger partial charge in [-0.25, -0.2) is 9.59 Å². The first-order valence-corrected chi connectivity index (χ1v) is 27.5. The van der Waals surface area contributed by atoms with Gasteiger partial charge in [0.05, 0.1) is 33.9 Å². The first-order chi connectivity index (χ1) is 34.6. The van der Waals surface area contributed by atoms with Gasteiger partial charge in [0, 0.05) is 0 Å². The number of phenolic OH excluding ortho intramolecular Hbond substituents is 2. The average Bonchev–Trinajstić information content (AvgIpc) is 3.34. The van der Waals surface area contributed by atoms with Crippen molar-refractivity contribution in [2.75, 3.05) is 0 Å². The minimum Gasteiger partial charge on any atom is -0.869 e. The number of nitrogens with zero attached hydrogens (tertiary/aromatic N) is 2. The predicted octanol–water partition coefficient (Wildman–Crippen LogP) is 15.6. The Morgan fingerprint density at radius 2 is 0.781 bits per heavy atom. The van der Waals surface area contributed by atoms with Crippen LogP contribution < -0.4 is 10.2 Å². The molecule has 0 aliphatic heterocycles. The molecular formula is C62H90N2O8Pd. The van der Waals surface area contributed by atoms with Crippen molar-refractivity contribution in [1.29, 1.82) is 0 Å². The summed E-state index contributed by atoms with van der Waals surface area (Å²) in [5.41, 5.74) is 12.5. The normalized spacial score (nSPS) is 11.3. The molecule has 4 aromatic rings. The fourth-order valence-corrected chi connectivity index (χ4v) is 9.27. The summed E-state index contributed by atoms with van der Waals surface area (Å²) in [5, 5.41) is 61.2. The molecule has 0 amide bonds. The second-order valence-corrected chi connectivity index (χ2v) is 19.1. The molecule has 4 rings (SSSR count). The number of rotatable bonds is 29. The van der Waals surface area contributed by atoms with Crippen LogP contribution in [0.1, 0.15) is 237 Å². The van der Waals surface area contributed by atoms with Gasteiger partial charge in [-0.1, -0.05) is 163 Å². The number of hydrogen-bond acceptors (Lipinski definition) is 8. The fraction of sp³-hybridized carbons (Fsp3) is 0.548. The predicted molar refractivity (Wildman–Crippen MR) is 296 cm³/mol. The molecule has 0 saturated heterocycles. The average molecular weight is 1100 g/mol. The molecule has 0 bridgehead atoms. The first kappa shape index (κ1) is 66.0. The third-order valence-electron chi connectivity index (χ3n) is 12.9. The van der Waals surface area contributed by atoms with E-state index in [0.717, 1.165) is 124 Å². The molecular weight excluding hydrogens is 1010 g/mol. The molecule has 406 valence electrons.